The number of ether oxygens (including phenoxy) is 3. The van der Waals surface area contributed by atoms with Gasteiger partial charge in [0.15, 0.2) is 12.4 Å². The first-order chi connectivity index (χ1) is 42.7. The number of rotatable bonds is 58. The minimum Gasteiger partial charge on any atom is -0.454 e. The summed E-state index contributed by atoms with van der Waals surface area (Å²) in [6.45, 7) is 5.63. The molecule has 87 heavy (non-hydrogen) atoms. The van der Waals surface area contributed by atoms with E-state index in [9.17, 15) is 35.1 Å². The van der Waals surface area contributed by atoms with E-state index in [0.717, 1.165) is 128 Å². The van der Waals surface area contributed by atoms with Crippen LogP contribution in [0.5, 0.6) is 0 Å². The molecule has 1 saturated heterocycles. The molecule has 0 radical (unpaired) electrons. The normalized spacial score (nSPS) is 19.1. The van der Waals surface area contributed by atoms with Crippen molar-refractivity contribution in [1.82, 2.24) is 5.32 Å². The maximum absolute atomic E-state index is 13.5. The van der Waals surface area contributed by atoms with Crippen LogP contribution in [0.3, 0.4) is 0 Å². The van der Waals surface area contributed by atoms with Crippen molar-refractivity contribution in [2.45, 2.75) is 320 Å². The van der Waals surface area contributed by atoms with Gasteiger partial charge in [0.1, 0.15) is 24.4 Å². The van der Waals surface area contributed by atoms with Gasteiger partial charge in [-0.25, -0.2) is 0 Å². The minimum atomic E-state index is -1.64. The van der Waals surface area contributed by atoms with Gasteiger partial charge in [0.05, 0.1) is 25.4 Å². The van der Waals surface area contributed by atoms with Crippen molar-refractivity contribution in [2.24, 2.45) is 0 Å². The second kappa shape index (κ2) is 62.0. The van der Waals surface area contributed by atoms with E-state index in [0.29, 0.717) is 12.8 Å². The molecule has 1 aliphatic heterocycles. The molecule has 11 nitrogen and oxygen atoms in total. The SMILES string of the molecule is CC/C=C\C/C=C\C/C=C\C/C=C\C/C=C\C/C=C\CCCCC(=O)OC1C(OCC(NC(=O)C(O)CCCCCCCCCC/C=C\C/C=C\C/C=C\C/C=C\CCCCC)C(O)/C=C/CCCCCCCCCCCCC)OC(CO)C(O)C1O. The van der Waals surface area contributed by atoms with Crippen LogP contribution in [0.25, 0.3) is 0 Å². The van der Waals surface area contributed by atoms with Gasteiger partial charge >= 0.3 is 5.97 Å². The molecule has 0 aromatic rings. The Morgan fingerprint density at radius 3 is 1.26 bits per heavy atom. The summed E-state index contributed by atoms with van der Waals surface area (Å²) in [4.78, 5) is 26.7. The van der Waals surface area contributed by atoms with Gasteiger partial charge < -0.3 is 45.1 Å². The smallest absolute Gasteiger partial charge is 0.306 e. The zero-order valence-electron chi connectivity index (χ0n) is 55.1. The number of carbonyl (C=O) groups excluding carboxylic acids is 2. The number of aliphatic hydroxyl groups excluding tert-OH is 5. The number of nitrogens with one attached hydrogen (secondary N) is 1. The largest absolute Gasteiger partial charge is 0.454 e. The molecule has 11 heteroatoms. The van der Waals surface area contributed by atoms with Crippen molar-refractivity contribution in [3.63, 3.8) is 0 Å². The zero-order chi connectivity index (χ0) is 63.1. The van der Waals surface area contributed by atoms with Crippen LogP contribution >= 0.6 is 0 Å². The minimum absolute atomic E-state index is 0.0606. The topological polar surface area (TPSA) is 175 Å². The monoisotopic (exact) mass is 1210 g/mol. The third-order valence-corrected chi connectivity index (χ3v) is 15.5. The third-order valence-electron chi connectivity index (χ3n) is 15.5. The standard InChI is InChI=1S/C76H127NO10/c1-4-7-10-13-16-19-22-25-27-29-31-33-34-35-37-38-40-42-45-48-51-54-57-60-63-69(80)75(84)77-67(68(79)62-59-56-53-50-47-44-24-21-18-15-12-9-6-3)66-85-76-74(73(83)72(82)70(65-78)86-76)87-71(81)64-61-58-55-52-49-46-43-41-39-36-32-30-28-26-23-20-17-14-11-8-5-2/h8,11,16-17,19-20,25-28,31-33,35-37,41,43,49,52,59,62,67-70,72-74,76,78-80,82-83H,4-7,9-10,12-15,18,21-24,29-30,34,38-40,42,44-48,50-51,53-58,60-61,63-66H2,1-3H3,(H,77,84)/b11-8-,19-16-,20-17-,27-25-,28-26-,33-31-,36-32-,37-35-,43-41-,52-49-,62-59+. The van der Waals surface area contributed by atoms with E-state index < -0.39 is 67.4 Å². The Hall–Kier alpha value is -4.20. The van der Waals surface area contributed by atoms with Crippen LogP contribution in [0.15, 0.2) is 134 Å². The first-order valence-corrected chi connectivity index (χ1v) is 35.0. The van der Waals surface area contributed by atoms with Gasteiger partial charge in [-0.3, -0.25) is 9.59 Å². The lowest BCUT2D eigenvalue weighted by Gasteiger charge is -2.41. The number of carbonyl (C=O) groups is 2. The molecular formula is C76H127NO10. The lowest BCUT2D eigenvalue weighted by molar-refractivity contribution is -0.305. The fourth-order valence-electron chi connectivity index (χ4n) is 10.0. The summed E-state index contributed by atoms with van der Waals surface area (Å²) in [5, 5.41) is 57.2. The second-order valence-electron chi connectivity index (χ2n) is 23.5. The molecule has 6 N–H and O–H groups in total. The van der Waals surface area contributed by atoms with Crippen LogP contribution in [0.2, 0.25) is 0 Å². The molecular weight excluding hydrogens is 1090 g/mol. The summed E-state index contributed by atoms with van der Waals surface area (Å²) in [6, 6.07) is -1.05. The van der Waals surface area contributed by atoms with Crippen molar-refractivity contribution < 1.29 is 49.3 Å². The van der Waals surface area contributed by atoms with Gasteiger partial charge in [-0.2, -0.15) is 0 Å². The number of allylic oxidation sites excluding steroid dienone is 21. The van der Waals surface area contributed by atoms with E-state index >= 15 is 0 Å². The lowest BCUT2D eigenvalue weighted by atomic mass is 9.99. The predicted molar refractivity (Wildman–Crippen MR) is 365 cm³/mol. The third kappa shape index (κ3) is 49.3. The molecule has 1 amide bonds. The number of unbranched alkanes of at least 4 members (excludes halogenated alkanes) is 24. The van der Waals surface area contributed by atoms with Gasteiger partial charge in [-0.1, -0.05) is 276 Å². The first-order valence-electron chi connectivity index (χ1n) is 35.0. The Labute approximate surface area is 531 Å². The molecule has 1 fully saturated rings. The summed E-state index contributed by atoms with van der Waals surface area (Å²) >= 11 is 0. The van der Waals surface area contributed by atoms with Gasteiger partial charge in [-0.05, 0) is 122 Å². The average Bonchev–Trinajstić information content (AvgIpc) is 2.32. The molecule has 0 spiro atoms. The number of hydrogen-bond donors (Lipinski definition) is 6. The Morgan fingerprint density at radius 1 is 0.460 bits per heavy atom. The second-order valence-corrected chi connectivity index (χ2v) is 23.5. The molecule has 0 aromatic heterocycles. The van der Waals surface area contributed by atoms with Crippen LogP contribution < -0.4 is 5.32 Å². The van der Waals surface area contributed by atoms with Crippen molar-refractivity contribution in [2.75, 3.05) is 13.2 Å². The molecule has 1 rings (SSSR count). The molecule has 8 atom stereocenters. The molecule has 0 bridgehead atoms. The summed E-state index contributed by atoms with van der Waals surface area (Å²) in [5.41, 5.74) is 0. The molecule has 0 saturated carbocycles. The quantitative estimate of drug-likeness (QED) is 0.0195. The first kappa shape index (κ1) is 80.8. The summed E-state index contributed by atoms with van der Waals surface area (Å²) in [7, 11) is 0. The Bertz CT molecular complexity index is 1930. The average molecular weight is 1210 g/mol. The van der Waals surface area contributed by atoms with Crippen LogP contribution in [-0.2, 0) is 23.8 Å². The predicted octanol–water partition coefficient (Wildman–Crippen LogP) is 18.0. The van der Waals surface area contributed by atoms with E-state index in [1.807, 2.05) is 6.08 Å². The fourth-order valence-corrected chi connectivity index (χ4v) is 10.0. The lowest BCUT2D eigenvalue weighted by Crippen LogP contribution is -2.61. The molecule has 1 heterocycles. The van der Waals surface area contributed by atoms with E-state index in [4.69, 9.17) is 14.2 Å². The van der Waals surface area contributed by atoms with E-state index in [2.05, 4.69) is 148 Å². The van der Waals surface area contributed by atoms with Gasteiger partial charge in [0.25, 0.3) is 0 Å². The zero-order valence-corrected chi connectivity index (χ0v) is 55.1. The summed E-state index contributed by atoms with van der Waals surface area (Å²) in [5.74, 6) is -1.25. The molecule has 0 aromatic carbocycles. The van der Waals surface area contributed by atoms with Gasteiger partial charge in [-0.15, -0.1) is 0 Å². The van der Waals surface area contributed by atoms with E-state index in [1.54, 1.807) is 6.08 Å². The summed E-state index contributed by atoms with van der Waals surface area (Å²) < 4.78 is 17.6. The fraction of sp³-hybridized carbons (Fsp3) is 0.684. The number of amides is 1. The number of aliphatic hydroxyl groups is 5. The van der Waals surface area contributed by atoms with E-state index in [-0.39, 0.29) is 19.4 Å². The van der Waals surface area contributed by atoms with Crippen LogP contribution in [0.4, 0.5) is 0 Å². The van der Waals surface area contributed by atoms with Crippen LogP contribution in [0.1, 0.15) is 271 Å². The highest BCUT2D eigenvalue weighted by molar-refractivity contribution is 5.80. The number of hydrogen-bond acceptors (Lipinski definition) is 10. The van der Waals surface area contributed by atoms with Crippen molar-refractivity contribution in [1.29, 1.82) is 0 Å². The van der Waals surface area contributed by atoms with Gasteiger partial charge in [0, 0.05) is 6.42 Å². The van der Waals surface area contributed by atoms with Crippen molar-refractivity contribution >= 4 is 11.9 Å². The highest BCUT2D eigenvalue weighted by Crippen LogP contribution is 2.26. The van der Waals surface area contributed by atoms with Crippen LogP contribution in [0, 0.1) is 0 Å². The number of esters is 1. The van der Waals surface area contributed by atoms with Crippen molar-refractivity contribution in [3.05, 3.63) is 134 Å². The van der Waals surface area contributed by atoms with E-state index in [1.165, 1.54) is 96.3 Å². The Balaban J connectivity index is 2.66. The molecule has 8 unspecified atom stereocenters. The van der Waals surface area contributed by atoms with Gasteiger partial charge in [0.2, 0.25) is 5.91 Å². The van der Waals surface area contributed by atoms with Crippen LogP contribution in [-0.4, -0.2) is 99.6 Å². The summed E-state index contributed by atoms with van der Waals surface area (Å²) in [6.07, 6.45) is 77.6. The highest BCUT2D eigenvalue weighted by Gasteiger charge is 2.47. The highest BCUT2D eigenvalue weighted by atomic mass is 16.7. The van der Waals surface area contributed by atoms with Crippen molar-refractivity contribution in [3.8, 4) is 0 Å². The maximum Gasteiger partial charge on any atom is 0.306 e. The molecule has 496 valence electrons. The Morgan fingerprint density at radius 2 is 0.828 bits per heavy atom. The Kier molecular flexibility index (Phi) is 57.6. The molecule has 1 aliphatic rings. The molecule has 0 aliphatic carbocycles. The maximum atomic E-state index is 13.5.